The van der Waals surface area contributed by atoms with Gasteiger partial charge < -0.3 is 30.3 Å². The molecule has 13 heteroatoms. The first-order chi connectivity index (χ1) is 16.0. The summed E-state index contributed by atoms with van der Waals surface area (Å²) in [6, 6.07) is 2.72. The predicted molar refractivity (Wildman–Crippen MR) is 119 cm³/mol. The molecule has 3 aromatic rings. The van der Waals surface area contributed by atoms with E-state index in [0.29, 0.717) is 55.2 Å². The molecule has 0 bridgehead atoms. The van der Waals surface area contributed by atoms with Crippen molar-refractivity contribution in [3.63, 3.8) is 0 Å². The third-order valence-electron chi connectivity index (χ3n) is 4.60. The van der Waals surface area contributed by atoms with Crippen molar-refractivity contribution in [2.45, 2.75) is 6.92 Å². The first-order valence-electron chi connectivity index (χ1n) is 10.1. The predicted octanol–water partition coefficient (Wildman–Crippen LogP) is 2.09. The van der Waals surface area contributed by atoms with E-state index < -0.39 is 5.82 Å². The van der Waals surface area contributed by atoms with Crippen LogP contribution in [0.4, 0.5) is 39.3 Å². The molecule has 3 aromatic heterocycles. The van der Waals surface area contributed by atoms with E-state index in [2.05, 4.69) is 40.9 Å². The molecule has 0 spiro atoms. The summed E-state index contributed by atoms with van der Waals surface area (Å²) in [5.74, 6) is 1.41. The lowest BCUT2D eigenvalue weighted by Gasteiger charge is -2.29. The molecule has 0 unspecified atom stereocenters. The van der Waals surface area contributed by atoms with Crippen LogP contribution in [0.5, 0.6) is 5.75 Å². The average molecular weight is 455 g/mol. The van der Waals surface area contributed by atoms with Crippen molar-refractivity contribution in [1.29, 1.82) is 0 Å². The number of carbonyl (C=O) groups is 1. The molecule has 1 saturated heterocycles. The smallest absolute Gasteiger partial charge is 0.230 e. The van der Waals surface area contributed by atoms with Gasteiger partial charge in [-0.3, -0.25) is 4.79 Å². The van der Waals surface area contributed by atoms with Crippen LogP contribution in [0.2, 0.25) is 0 Å². The van der Waals surface area contributed by atoms with E-state index in [1.165, 1.54) is 38.7 Å². The van der Waals surface area contributed by atoms with Crippen molar-refractivity contribution in [1.82, 2.24) is 24.9 Å². The fraction of sp³-hybridized carbons (Fsp3) is 0.300. The molecule has 4 rings (SSSR count). The molecular weight excluding hydrogens is 433 g/mol. The minimum absolute atomic E-state index is 0.173. The topological polar surface area (TPSA) is 139 Å². The Morgan fingerprint density at radius 1 is 1.09 bits per heavy atom. The third kappa shape index (κ3) is 5.38. The highest BCUT2D eigenvalue weighted by Gasteiger charge is 2.21. The normalized spacial score (nSPS) is 13.4. The Kier molecular flexibility index (Phi) is 6.69. The summed E-state index contributed by atoms with van der Waals surface area (Å²) < 4.78 is 24.1. The van der Waals surface area contributed by atoms with Crippen LogP contribution in [0.1, 0.15) is 6.92 Å². The number of nitrogens with zero attached hydrogens (tertiary/aromatic N) is 6. The van der Waals surface area contributed by atoms with Crippen molar-refractivity contribution in [3.8, 4) is 5.75 Å². The van der Waals surface area contributed by atoms with E-state index in [1.54, 1.807) is 0 Å². The number of carbonyl (C=O) groups excluding carboxylic acids is 1. The minimum Gasteiger partial charge on any atom is -0.490 e. The van der Waals surface area contributed by atoms with E-state index >= 15 is 0 Å². The number of amides is 1. The van der Waals surface area contributed by atoms with Crippen LogP contribution >= 0.6 is 0 Å². The number of morpholine rings is 1. The zero-order valence-electron chi connectivity index (χ0n) is 18.0. The fourth-order valence-electron chi connectivity index (χ4n) is 3.14. The molecule has 1 aliphatic heterocycles. The van der Waals surface area contributed by atoms with Gasteiger partial charge in [0.1, 0.15) is 23.6 Å². The van der Waals surface area contributed by atoms with Gasteiger partial charge in [0.2, 0.25) is 17.6 Å². The van der Waals surface area contributed by atoms with E-state index in [9.17, 15) is 9.18 Å². The molecule has 12 nitrogen and oxygen atoms in total. The van der Waals surface area contributed by atoms with Crippen molar-refractivity contribution >= 4 is 40.8 Å². The van der Waals surface area contributed by atoms with E-state index in [1.807, 2.05) is 4.90 Å². The largest absolute Gasteiger partial charge is 0.490 e. The Balaban J connectivity index is 1.66. The van der Waals surface area contributed by atoms with Crippen LogP contribution in [-0.2, 0) is 9.53 Å². The standard InChI is InChI=1S/C20H22FN9O3/c1-12(31)26-14-10-23-20(27-15-4-3-13(21)9-22-15)29-17(14)28-18-16(32-2)19(25-11-24-18)30-5-7-33-8-6-30/h3-4,9-11H,5-8H2,1-2H3,(H,26,31)(H2,22,23,24,25,27,28,29). The molecule has 0 radical (unpaired) electrons. The molecular formula is C20H22FN9O3. The molecule has 1 fully saturated rings. The molecule has 3 N–H and O–H groups in total. The lowest BCUT2D eigenvalue weighted by atomic mass is 10.3. The lowest BCUT2D eigenvalue weighted by Crippen LogP contribution is -2.37. The molecule has 0 aliphatic carbocycles. The van der Waals surface area contributed by atoms with Gasteiger partial charge in [0, 0.05) is 20.0 Å². The number of pyridine rings is 1. The van der Waals surface area contributed by atoms with Crippen LogP contribution in [0.3, 0.4) is 0 Å². The van der Waals surface area contributed by atoms with Gasteiger partial charge in [-0.05, 0) is 12.1 Å². The van der Waals surface area contributed by atoms with Crippen LogP contribution in [0.15, 0.2) is 30.9 Å². The summed E-state index contributed by atoms with van der Waals surface area (Å²) in [6.45, 7) is 3.87. The summed E-state index contributed by atoms with van der Waals surface area (Å²) in [4.78, 5) is 34.9. The van der Waals surface area contributed by atoms with Gasteiger partial charge in [-0.1, -0.05) is 0 Å². The highest BCUT2D eigenvalue weighted by atomic mass is 19.1. The second kappa shape index (κ2) is 9.99. The Bertz CT molecular complexity index is 1120. The quantitative estimate of drug-likeness (QED) is 0.482. The Labute approximate surface area is 188 Å². The van der Waals surface area contributed by atoms with Crippen molar-refractivity contribution < 1.29 is 18.7 Å². The first-order valence-corrected chi connectivity index (χ1v) is 10.1. The highest BCUT2D eigenvalue weighted by Crippen LogP contribution is 2.35. The summed E-state index contributed by atoms with van der Waals surface area (Å²) >= 11 is 0. The third-order valence-corrected chi connectivity index (χ3v) is 4.60. The number of methoxy groups -OCH3 is 1. The lowest BCUT2D eigenvalue weighted by molar-refractivity contribution is -0.114. The van der Waals surface area contributed by atoms with E-state index in [4.69, 9.17) is 9.47 Å². The van der Waals surface area contributed by atoms with Gasteiger partial charge >= 0.3 is 0 Å². The maximum atomic E-state index is 13.1. The van der Waals surface area contributed by atoms with Gasteiger partial charge in [0.15, 0.2) is 17.5 Å². The minimum atomic E-state index is -0.461. The number of rotatable bonds is 7. The van der Waals surface area contributed by atoms with Gasteiger partial charge in [0.25, 0.3) is 0 Å². The molecule has 0 saturated carbocycles. The van der Waals surface area contributed by atoms with Gasteiger partial charge in [0.05, 0.1) is 32.7 Å². The summed E-state index contributed by atoms with van der Waals surface area (Å²) in [7, 11) is 1.52. The molecule has 0 aromatic carbocycles. The number of anilines is 6. The second-order valence-corrected chi connectivity index (χ2v) is 6.93. The van der Waals surface area contributed by atoms with Crippen LogP contribution in [0, 0.1) is 5.82 Å². The Morgan fingerprint density at radius 2 is 1.91 bits per heavy atom. The molecule has 0 atom stereocenters. The number of aromatic nitrogens is 5. The Morgan fingerprint density at radius 3 is 2.61 bits per heavy atom. The van der Waals surface area contributed by atoms with Gasteiger partial charge in [-0.15, -0.1) is 0 Å². The summed E-state index contributed by atoms with van der Waals surface area (Å²) in [6.07, 6.45) is 3.92. The Hall–Kier alpha value is -4.13. The maximum absolute atomic E-state index is 13.1. The van der Waals surface area contributed by atoms with Crippen LogP contribution in [-0.4, -0.2) is 64.2 Å². The zero-order chi connectivity index (χ0) is 23.2. The fourth-order valence-corrected chi connectivity index (χ4v) is 3.14. The molecule has 33 heavy (non-hydrogen) atoms. The maximum Gasteiger partial charge on any atom is 0.230 e. The monoisotopic (exact) mass is 455 g/mol. The highest BCUT2D eigenvalue weighted by molar-refractivity contribution is 5.92. The second-order valence-electron chi connectivity index (χ2n) is 6.93. The van der Waals surface area contributed by atoms with E-state index in [0.717, 1.165) is 6.20 Å². The number of nitrogens with one attached hydrogen (secondary N) is 3. The van der Waals surface area contributed by atoms with Crippen LogP contribution in [0.25, 0.3) is 0 Å². The number of ether oxygens (including phenoxy) is 2. The van der Waals surface area contributed by atoms with Crippen LogP contribution < -0.4 is 25.6 Å². The number of hydrogen-bond donors (Lipinski definition) is 3. The number of halogens is 1. The first kappa shape index (κ1) is 22.1. The molecule has 1 amide bonds. The van der Waals surface area contributed by atoms with Gasteiger partial charge in [-0.25, -0.2) is 24.3 Å². The van der Waals surface area contributed by atoms with Crippen molar-refractivity contribution in [2.75, 3.05) is 54.3 Å². The molecule has 172 valence electrons. The molecule has 4 heterocycles. The van der Waals surface area contributed by atoms with E-state index in [-0.39, 0.29) is 17.7 Å². The SMILES string of the molecule is COc1c(Nc2nc(Nc3ccc(F)cn3)ncc2NC(C)=O)ncnc1N1CCOCC1. The average Bonchev–Trinajstić information content (AvgIpc) is 2.82. The molecule has 1 aliphatic rings. The number of hydrogen-bond acceptors (Lipinski definition) is 11. The van der Waals surface area contributed by atoms with Crippen molar-refractivity contribution in [3.05, 3.63) is 36.7 Å². The zero-order valence-corrected chi connectivity index (χ0v) is 18.0. The van der Waals surface area contributed by atoms with Crippen molar-refractivity contribution in [2.24, 2.45) is 0 Å². The summed E-state index contributed by atoms with van der Waals surface area (Å²) in [5, 5.41) is 8.66. The summed E-state index contributed by atoms with van der Waals surface area (Å²) in [5.41, 5.74) is 0.328. The van der Waals surface area contributed by atoms with Gasteiger partial charge in [-0.2, -0.15) is 4.98 Å².